The number of esters is 1. The lowest BCUT2D eigenvalue weighted by Crippen LogP contribution is -2.52. The van der Waals surface area contributed by atoms with E-state index in [1.165, 1.54) is 0 Å². The molecule has 0 aliphatic carbocycles. The maximum Gasteiger partial charge on any atom is 0.338 e. The minimum Gasteiger partial charge on any atom is -0.463 e. The first-order valence-electron chi connectivity index (χ1n) is 10.7. The van der Waals surface area contributed by atoms with E-state index in [2.05, 4.69) is 25.4 Å². The summed E-state index contributed by atoms with van der Waals surface area (Å²) in [6, 6.07) is 12.0. The van der Waals surface area contributed by atoms with E-state index < -0.39 is 12.0 Å². The minimum atomic E-state index is -0.679. The van der Waals surface area contributed by atoms with Crippen LogP contribution in [0.5, 0.6) is 0 Å². The number of rotatable bonds is 6. The second kappa shape index (κ2) is 10.0. The highest BCUT2D eigenvalue weighted by Crippen LogP contribution is 2.32. The van der Waals surface area contributed by atoms with Gasteiger partial charge in [-0.25, -0.2) is 14.6 Å². The molecule has 2 aromatic rings. The zero-order valence-electron chi connectivity index (χ0n) is 17.9. The molecule has 9 heteroatoms. The van der Waals surface area contributed by atoms with Crippen molar-refractivity contribution in [1.82, 2.24) is 20.5 Å². The number of halogens is 1. The van der Waals surface area contributed by atoms with Gasteiger partial charge in [0, 0.05) is 49.6 Å². The first-order valence-corrected chi connectivity index (χ1v) is 11.0. The Morgan fingerprint density at radius 3 is 2.59 bits per heavy atom. The molecule has 2 aliphatic rings. The Hall–Kier alpha value is -3.10. The summed E-state index contributed by atoms with van der Waals surface area (Å²) in [6.07, 6.45) is 1.79. The molecule has 1 unspecified atom stereocenters. The van der Waals surface area contributed by atoms with E-state index in [1.807, 2.05) is 30.3 Å². The summed E-state index contributed by atoms with van der Waals surface area (Å²) in [5.74, 6) is 0.486. The number of piperazine rings is 1. The van der Waals surface area contributed by atoms with Gasteiger partial charge in [-0.1, -0.05) is 35.9 Å². The van der Waals surface area contributed by atoms with Crippen LogP contribution in [0.2, 0.25) is 5.02 Å². The first-order chi connectivity index (χ1) is 15.6. The van der Waals surface area contributed by atoms with Crippen LogP contribution in [0.4, 0.5) is 10.6 Å². The van der Waals surface area contributed by atoms with Gasteiger partial charge in [-0.05, 0) is 30.7 Å². The van der Waals surface area contributed by atoms with Gasteiger partial charge < -0.3 is 20.3 Å². The number of carbonyl (C=O) groups excluding carboxylic acids is 2. The van der Waals surface area contributed by atoms with E-state index in [0.29, 0.717) is 28.4 Å². The Kier molecular flexibility index (Phi) is 6.92. The second-order valence-corrected chi connectivity index (χ2v) is 8.02. The third kappa shape index (κ3) is 4.87. The van der Waals surface area contributed by atoms with E-state index in [0.717, 1.165) is 32.0 Å². The molecule has 1 saturated heterocycles. The molecule has 1 aromatic carbocycles. The Balaban J connectivity index is 1.57. The molecule has 8 nitrogen and oxygen atoms in total. The predicted molar refractivity (Wildman–Crippen MR) is 122 cm³/mol. The Bertz CT molecular complexity index is 1010. The van der Waals surface area contributed by atoms with Gasteiger partial charge in [0.1, 0.15) is 5.82 Å². The van der Waals surface area contributed by atoms with Crippen LogP contribution in [0.1, 0.15) is 18.5 Å². The van der Waals surface area contributed by atoms with Crippen molar-refractivity contribution in [2.24, 2.45) is 0 Å². The maximum absolute atomic E-state index is 12.9. The fraction of sp³-hybridized carbons (Fsp3) is 0.348. The van der Waals surface area contributed by atoms with Gasteiger partial charge >= 0.3 is 12.0 Å². The summed E-state index contributed by atoms with van der Waals surface area (Å²) in [7, 11) is 0. The van der Waals surface area contributed by atoms with Gasteiger partial charge in [-0.2, -0.15) is 0 Å². The number of nitrogens with zero attached hydrogens (tertiary/aromatic N) is 3. The van der Waals surface area contributed by atoms with E-state index in [-0.39, 0.29) is 12.6 Å². The molecule has 2 aliphatic heterocycles. The number of ether oxygens (including phenoxy) is 1. The number of aromatic nitrogens is 1. The number of amides is 2. The minimum absolute atomic E-state index is 0.238. The van der Waals surface area contributed by atoms with Gasteiger partial charge in [-0.15, -0.1) is 0 Å². The molecule has 168 valence electrons. The van der Waals surface area contributed by atoms with E-state index in [4.69, 9.17) is 16.3 Å². The number of hydrogen-bond acceptors (Lipinski definition) is 6. The smallest absolute Gasteiger partial charge is 0.338 e. The SMILES string of the molecule is CCOC(=O)C1=C(CN2CCN(c3ccccn3)CC2)NC(=O)NC1c1ccccc1Cl. The van der Waals surface area contributed by atoms with Gasteiger partial charge in [0.15, 0.2) is 0 Å². The lowest BCUT2D eigenvalue weighted by atomic mass is 9.95. The molecule has 2 amide bonds. The molecule has 0 radical (unpaired) electrons. The van der Waals surface area contributed by atoms with Crippen LogP contribution < -0.4 is 15.5 Å². The summed E-state index contributed by atoms with van der Waals surface area (Å²) in [5, 5.41) is 6.14. The molecule has 1 fully saturated rings. The zero-order chi connectivity index (χ0) is 22.5. The van der Waals surface area contributed by atoms with E-state index in [9.17, 15) is 9.59 Å². The van der Waals surface area contributed by atoms with Crippen molar-refractivity contribution >= 4 is 29.4 Å². The highest BCUT2D eigenvalue weighted by Gasteiger charge is 2.35. The maximum atomic E-state index is 12.9. The Morgan fingerprint density at radius 2 is 1.91 bits per heavy atom. The van der Waals surface area contributed by atoms with Crippen LogP contribution in [0, 0.1) is 0 Å². The number of urea groups is 1. The molecule has 2 N–H and O–H groups in total. The van der Waals surface area contributed by atoms with Crippen LogP contribution in [0.15, 0.2) is 59.9 Å². The number of nitrogens with one attached hydrogen (secondary N) is 2. The summed E-state index contributed by atoms with van der Waals surface area (Å²) in [5.41, 5.74) is 1.58. The van der Waals surface area contributed by atoms with Gasteiger partial charge in [-0.3, -0.25) is 4.90 Å². The topological polar surface area (TPSA) is 86.8 Å². The molecular formula is C23H26ClN5O3. The summed E-state index contributed by atoms with van der Waals surface area (Å²) < 4.78 is 5.34. The lowest BCUT2D eigenvalue weighted by molar-refractivity contribution is -0.139. The van der Waals surface area contributed by atoms with Crippen molar-refractivity contribution in [3.63, 3.8) is 0 Å². The van der Waals surface area contributed by atoms with Crippen LogP contribution in [-0.2, 0) is 9.53 Å². The molecule has 3 heterocycles. The third-order valence-electron chi connectivity index (χ3n) is 5.59. The molecule has 0 bridgehead atoms. The van der Waals surface area contributed by atoms with Gasteiger partial charge in [0.2, 0.25) is 0 Å². The predicted octanol–water partition coefficient (Wildman–Crippen LogP) is 2.73. The Labute approximate surface area is 192 Å². The van der Waals surface area contributed by atoms with Crippen LogP contribution in [-0.4, -0.2) is 61.2 Å². The molecule has 1 aromatic heterocycles. The standard InChI is InChI=1S/C23H26ClN5O3/c1-2-32-22(30)20-18(26-23(31)27-21(20)16-7-3-4-8-17(16)24)15-28-11-13-29(14-12-28)19-9-5-6-10-25-19/h3-10,21H,2,11-15H2,1H3,(H2,26,27,31). The average molecular weight is 456 g/mol. The molecule has 0 spiro atoms. The number of hydrogen-bond donors (Lipinski definition) is 2. The van der Waals surface area contributed by atoms with Gasteiger partial charge in [0.05, 0.1) is 18.2 Å². The number of pyridine rings is 1. The van der Waals surface area contributed by atoms with Crippen LogP contribution in [0.3, 0.4) is 0 Å². The average Bonchev–Trinajstić information content (AvgIpc) is 2.80. The Morgan fingerprint density at radius 1 is 1.16 bits per heavy atom. The second-order valence-electron chi connectivity index (χ2n) is 7.62. The quantitative estimate of drug-likeness (QED) is 0.651. The molecule has 0 saturated carbocycles. The third-order valence-corrected chi connectivity index (χ3v) is 5.94. The largest absolute Gasteiger partial charge is 0.463 e. The number of carbonyl (C=O) groups is 2. The number of anilines is 1. The molecule has 32 heavy (non-hydrogen) atoms. The molecule has 4 rings (SSSR count). The summed E-state index contributed by atoms with van der Waals surface area (Å²) in [4.78, 5) is 34.3. The van der Waals surface area contributed by atoms with Gasteiger partial charge in [0.25, 0.3) is 0 Å². The zero-order valence-corrected chi connectivity index (χ0v) is 18.6. The highest BCUT2D eigenvalue weighted by molar-refractivity contribution is 6.31. The van der Waals surface area contributed by atoms with Crippen molar-refractivity contribution in [3.8, 4) is 0 Å². The van der Waals surface area contributed by atoms with Crippen molar-refractivity contribution < 1.29 is 14.3 Å². The molecular weight excluding hydrogens is 430 g/mol. The van der Waals surface area contributed by atoms with Crippen molar-refractivity contribution in [1.29, 1.82) is 0 Å². The highest BCUT2D eigenvalue weighted by atomic mass is 35.5. The van der Waals surface area contributed by atoms with Crippen molar-refractivity contribution in [2.75, 3.05) is 44.2 Å². The monoisotopic (exact) mass is 455 g/mol. The van der Waals surface area contributed by atoms with Crippen LogP contribution >= 0.6 is 11.6 Å². The molecule has 1 atom stereocenters. The first kappa shape index (κ1) is 22.1. The van der Waals surface area contributed by atoms with E-state index >= 15 is 0 Å². The lowest BCUT2D eigenvalue weighted by Gasteiger charge is -2.37. The number of benzene rings is 1. The fourth-order valence-corrected chi connectivity index (χ4v) is 4.28. The van der Waals surface area contributed by atoms with Crippen LogP contribution in [0.25, 0.3) is 0 Å². The fourth-order valence-electron chi connectivity index (χ4n) is 4.03. The van der Waals surface area contributed by atoms with Crippen molar-refractivity contribution in [2.45, 2.75) is 13.0 Å². The van der Waals surface area contributed by atoms with Crippen molar-refractivity contribution in [3.05, 3.63) is 70.5 Å². The van der Waals surface area contributed by atoms with E-state index in [1.54, 1.807) is 25.3 Å². The summed E-state index contributed by atoms with van der Waals surface area (Å²) in [6.45, 7) is 5.58. The summed E-state index contributed by atoms with van der Waals surface area (Å²) >= 11 is 6.40. The normalized spacial score (nSPS) is 19.4.